The van der Waals surface area contributed by atoms with Crippen LogP contribution in [0.15, 0.2) is 29.3 Å². The van der Waals surface area contributed by atoms with E-state index in [0.717, 1.165) is 5.56 Å². The highest BCUT2D eigenvalue weighted by molar-refractivity contribution is 7.98. The van der Waals surface area contributed by atoms with Crippen LogP contribution in [0, 0.1) is 5.92 Å². The summed E-state index contributed by atoms with van der Waals surface area (Å²) in [4.78, 5) is 54.4. The molecule has 4 unspecified atom stereocenters. The molecule has 0 spiro atoms. The van der Waals surface area contributed by atoms with E-state index in [2.05, 4.69) is 20.9 Å². The first kappa shape index (κ1) is 33.5. The minimum absolute atomic E-state index is 0.0853. The Hall–Kier alpha value is -3.52. The van der Waals surface area contributed by atoms with Crippen molar-refractivity contribution < 1.29 is 29.4 Å². The van der Waals surface area contributed by atoms with Gasteiger partial charge in [-0.25, -0.2) is 4.79 Å². The molecule has 11 N–H and O–H groups in total. The van der Waals surface area contributed by atoms with Gasteiger partial charge in [0.25, 0.3) is 0 Å². The van der Waals surface area contributed by atoms with Gasteiger partial charge in [0.2, 0.25) is 17.7 Å². The quantitative estimate of drug-likeness (QED) is 0.0667. The van der Waals surface area contributed by atoms with E-state index in [1.807, 2.05) is 6.26 Å². The lowest BCUT2D eigenvalue weighted by atomic mass is 10.0. The lowest BCUT2D eigenvalue weighted by Gasteiger charge is -2.27. The SMILES string of the molecule is CSCCC(NC(=O)C(N)Cc1ccc(O)cc1)C(=O)NC(C(=O)NC(CCCN=C(N)N)C(=O)O)C(C)C. The average Bonchev–Trinajstić information content (AvgIpc) is 2.87. The molecule has 1 rings (SSSR count). The first-order chi connectivity index (χ1) is 18.3. The van der Waals surface area contributed by atoms with Crippen molar-refractivity contribution in [3.05, 3.63) is 29.8 Å². The van der Waals surface area contributed by atoms with Crippen LogP contribution in [0.3, 0.4) is 0 Å². The summed E-state index contributed by atoms with van der Waals surface area (Å²) < 4.78 is 0. The van der Waals surface area contributed by atoms with Crippen LogP contribution in [0.2, 0.25) is 0 Å². The number of nitrogens with one attached hydrogen (secondary N) is 3. The van der Waals surface area contributed by atoms with E-state index >= 15 is 0 Å². The largest absolute Gasteiger partial charge is 0.508 e. The number of phenols is 1. The third-order valence-corrected chi connectivity index (χ3v) is 6.42. The molecule has 1 aromatic carbocycles. The molecule has 0 fully saturated rings. The van der Waals surface area contributed by atoms with Crippen LogP contribution in [-0.4, -0.2) is 82.6 Å². The molecule has 0 aromatic heterocycles. The minimum Gasteiger partial charge on any atom is -0.508 e. The Bertz CT molecular complexity index is 986. The number of aliphatic carboxylic acids is 1. The summed E-state index contributed by atoms with van der Waals surface area (Å²) in [6.07, 6.45) is 2.75. The molecule has 0 saturated heterocycles. The lowest BCUT2D eigenvalue weighted by molar-refractivity contribution is -0.142. The van der Waals surface area contributed by atoms with Gasteiger partial charge in [0, 0.05) is 6.54 Å². The van der Waals surface area contributed by atoms with Gasteiger partial charge in [0.05, 0.1) is 6.04 Å². The maximum atomic E-state index is 13.2. The summed E-state index contributed by atoms with van der Waals surface area (Å²) in [6, 6.07) is 2.13. The van der Waals surface area contributed by atoms with Gasteiger partial charge in [0.1, 0.15) is 23.9 Å². The Kier molecular flexibility index (Phi) is 14.7. The van der Waals surface area contributed by atoms with Crippen LogP contribution < -0.4 is 33.2 Å². The highest BCUT2D eigenvalue weighted by Gasteiger charge is 2.31. The van der Waals surface area contributed by atoms with Crippen LogP contribution in [0.1, 0.15) is 38.7 Å². The molecule has 0 aliphatic carbocycles. The smallest absolute Gasteiger partial charge is 0.326 e. The maximum absolute atomic E-state index is 13.2. The molecule has 13 nitrogen and oxygen atoms in total. The molecular formula is C25H41N7O6S. The fourth-order valence-corrected chi connectivity index (χ4v) is 4.04. The molecule has 218 valence electrons. The molecule has 0 aliphatic rings. The van der Waals surface area contributed by atoms with E-state index in [9.17, 15) is 29.4 Å². The van der Waals surface area contributed by atoms with Crippen molar-refractivity contribution in [3.8, 4) is 5.75 Å². The molecular weight excluding hydrogens is 526 g/mol. The van der Waals surface area contributed by atoms with Gasteiger partial charge < -0.3 is 43.4 Å². The third kappa shape index (κ3) is 12.7. The van der Waals surface area contributed by atoms with Crippen molar-refractivity contribution in [2.45, 2.75) is 63.7 Å². The molecule has 0 radical (unpaired) electrons. The van der Waals surface area contributed by atoms with Crippen LogP contribution >= 0.6 is 11.8 Å². The van der Waals surface area contributed by atoms with Crippen molar-refractivity contribution in [3.63, 3.8) is 0 Å². The highest BCUT2D eigenvalue weighted by atomic mass is 32.2. The Balaban J connectivity index is 2.88. The number of carboxylic acids is 1. The maximum Gasteiger partial charge on any atom is 0.326 e. The number of thioether (sulfide) groups is 1. The van der Waals surface area contributed by atoms with E-state index in [0.29, 0.717) is 18.6 Å². The van der Waals surface area contributed by atoms with Crippen molar-refractivity contribution in [2.75, 3.05) is 18.6 Å². The summed E-state index contributed by atoms with van der Waals surface area (Å²) in [7, 11) is 0. The third-order valence-electron chi connectivity index (χ3n) is 5.78. The number of phenolic OH excluding ortho intramolecular Hbond substituents is 1. The zero-order valence-electron chi connectivity index (χ0n) is 22.6. The van der Waals surface area contributed by atoms with Crippen molar-refractivity contribution in [1.82, 2.24) is 16.0 Å². The first-order valence-electron chi connectivity index (χ1n) is 12.6. The number of carboxylic acid groups (broad SMARTS) is 1. The zero-order valence-corrected chi connectivity index (χ0v) is 23.4. The Labute approximate surface area is 232 Å². The Morgan fingerprint density at radius 2 is 1.56 bits per heavy atom. The Morgan fingerprint density at radius 1 is 0.949 bits per heavy atom. The standard InChI is InChI=1S/C25H41N7O6S/c1-14(2)20(23(36)31-19(24(37)38)5-4-11-29-25(27)28)32-22(35)18(10-12-39-3)30-21(34)17(26)13-15-6-8-16(33)9-7-15/h6-9,14,17-20,33H,4-5,10-13,26H2,1-3H3,(H,30,34)(H,31,36)(H,32,35)(H,37,38)(H4,27,28,29). The van der Waals surface area contributed by atoms with Gasteiger partial charge in [-0.3, -0.25) is 19.4 Å². The summed E-state index contributed by atoms with van der Waals surface area (Å²) in [5.41, 5.74) is 17.3. The highest BCUT2D eigenvalue weighted by Crippen LogP contribution is 2.12. The fourth-order valence-electron chi connectivity index (χ4n) is 3.57. The van der Waals surface area contributed by atoms with Crippen LogP contribution in [0.5, 0.6) is 5.75 Å². The van der Waals surface area contributed by atoms with Gasteiger partial charge in [-0.05, 0) is 61.3 Å². The van der Waals surface area contributed by atoms with Crippen molar-refractivity contribution in [2.24, 2.45) is 28.1 Å². The number of aromatic hydroxyl groups is 1. The van der Waals surface area contributed by atoms with Crippen LogP contribution in [0.4, 0.5) is 0 Å². The Morgan fingerprint density at radius 3 is 2.10 bits per heavy atom. The van der Waals surface area contributed by atoms with E-state index in [1.165, 1.54) is 23.9 Å². The van der Waals surface area contributed by atoms with E-state index in [-0.39, 0.29) is 37.0 Å². The molecule has 0 aliphatic heterocycles. The second kappa shape index (κ2) is 17.1. The first-order valence-corrected chi connectivity index (χ1v) is 14.0. The van der Waals surface area contributed by atoms with Gasteiger partial charge in [-0.2, -0.15) is 11.8 Å². The second-order valence-corrected chi connectivity index (χ2v) is 10.4. The number of nitrogens with two attached hydrogens (primary N) is 3. The normalized spacial score (nSPS) is 14.0. The van der Waals surface area contributed by atoms with Crippen molar-refractivity contribution in [1.29, 1.82) is 0 Å². The number of carbonyl (C=O) groups excluding carboxylic acids is 3. The van der Waals surface area contributed by atoms with Gasteiger partial charge >= 0.3 is 5.97 Å². The summed E-state index contributed by atoms with van der Waals surface area (Å²) in [5, 5.41) is 26.8. The van der Waals surface area contributed by atoms with Crippen molar-refractivity contribution >= 4 is 41.4 Å². The molecule has 0 heterocycles. The fraction of sp³-hybridized carbons (Fsp3) is 0.560. The molecule has 14 heteroatoms. The monoisotopic (exact) mass is 567 g/mol. The van der Waals surface area contributed by atoms with E-state index in [4.69, 9.17) is 17.2 Å². The summed E-state index contributed by atoms with van der Waals surface area (Å²) in [5.74, 6) is -2.85. The predicted octanol–water partition coefficient (Wildman–Crippen LogP) is -0.736. The van der Waals surface area contributed by atoms with E-state index in [1.54, 1.807) is 26.0 Å². The minimum atomic E-state index is -1.23. The topological polar surface area (TPSA) is 235 Å². The number of guanidine groups is 1. The van der Waals surface area contributed by atoms with Gasteiger partial charge in [-0.1, -0.05) is 26.0 Å². The summed E-state index contributed by atoms with van der Waals surface area (Å²) in [6.45, 7) is 3.63. The summed E-state index contributed by atoms with van der Waals surface area (Å²) >= 11 is 1.49. The second-order valence-electron chi connectivity index (χ2n) is 9.40. The molecule has 0 saturated carbocycles. The number of nitrogens with zero attached hydrogens (tertiary/aromatic N) is 1. The molecule has 39 heavy (non-hydrogen) atoms. The number of benzene rings is 1. The lowest BCUT2D eigenvalue weighted by Crippen LogP contribution is -2.58. The number of hydrogen-bond acceptors (Lipinski definition) is 8. The molecule has 3 amide bonds. The number of carbonyl (C=O) groups is 4. The number of amides is 3. The van der Waals surface area contributed by atoms with Gasteiger partial charge in [-0.15, -0.1) is 0 Å². The zero-order chi connectivity index (χ0) is 29.5. The molecule has 1 aromatic rings. The molecule has 4 atom stereocenters. The number of rotatable bonds is 17. The van der Waals surface area contributed by atoms with Crippen LogP contribution in [-0.2, 0) is 25.6 Å². The number of hydrogen-bond donors (Lipinski definition) is 8. The van der Waals surface area contributed by atoms with Crippen LogP contribution in [0.25, 0.3) is 0 Å². The van der Waals surface area contributed by atoms with E-state index < -0.39 is 47.9 Å². The van der Waals surface area contributed by atoms with Gasteiger partial charge in [0.15, 0.2) is 5.96 Å². The predicted molar refractivity (Wildman–Crippen MR) is 151 cm³/mol. The average molecular weight is 568 g/mol. The molecule has 0 bridgehead atoms. The number of aliphatic imine (C=N–C) groups is 1.